The molecule has 2 fully saturated rings. The van der Waals surface area contributed by atoms with E-state index in [2.05, 4.69) is 10.2 Å². The van der Waals surface area contributed by atoms with Gasteiger partial charge in [0.2, 0.25) is 0 Å². The molecule has 3 rings (SSSR count). The lowest BCUT2D eigenvalue weighted by molar-refractivity contribution is 0.194. The quantitative estimate of drug-likeness (QED) is 0.796. The van der Waals surface area contributed by atoms with Crippen molar-refractivity contribution in [2.75, 3.05) is 51.7 Å². The van der Waals surface area contributed by atoms with Gasteiger partial charge >= 0.3 is 6.03 Å². The molecule has 2 amide bonds. The monoisotopic (exact) mass is 411 g/mol. The van der Waals surface area contributed by atoms with Gasteiger partial charge in [-0.2, -0.15) is 0 Å². The van der Waals surface area contributed by atoms with Crippen molar-refractivity contribution in [3.8, 4) is 0 Å². The highest BCUT2D eigenvalue weighted by Crippen LogP contribution is 2.30. The molecule has 1 aliphatic heterocycles. The smallest absolute Gasteiger partial charge is 0.317 e. The van der Waals surface area contributed by atoms with Crippen LogP contribution < -0.4 is 10.2 Å². The summed E-state index contributed by atoms with van der Waals surface area (Å²) in [5.41, 5.74) is 1.03. The second kappa shape index (κ2) is 9.84. The molecule has 0 bridgehead atoms. The van der Waals surface area contributed by atoms with E-state index in [9.17, 15) is 4.79 Å². The molecule has 0 aromatic heterocycles. The second-order valence-corrected chi connectivity index (χ2v) is 8.40. The molecule has 1 aromatic rings. The molecule has 156 valence electrons. The van der Waals surface area contributed by atoms with E-state index in [4.69, 9.17) is 18.5 Å². The number of urea groups is 1. The fraction of sp³-hybridized carbons (Fsp3) is 0.682. The highest BCUT2D eigenvalue weighted by molar-refractivity contribution is 6.34. The lowest BCUT2D eigenvalue weighted by Gasteiger charge is -2.37. The van der Waals surface area contributed by atoms with Crippen LogP contribution in [-0.2, 0) is 0 Å². The summed E-state index contributed by atoms with van der Waals surface area (Å²) in [7, 11) is 3.44. The highest BCUT2D eigenvalue weighted by Gasteiger charge is 2.24. The van der Waals surface area contributed by atoms with E-state index in [-0.39, 0.29) is 36.1 Å². The Kier molecular flexibility index (Phi) is 5.41. The molecule has 1 saturated heterocycles. The molecule has 6 heteroatoms. The molecule has 0 atom stereocenters. The maximum Gasteiger partial charge on any atom is 0.317 e. The topological polar surface area (TPSA) is 38.8 Å². The third-order valence-electron chi connectivity index (χ3n) is 5.72. The number of benzene rings is 1. The standard InChI is InChI=1S/C22H35ClN4O/c1-17-5-4-6-20(21(17)23)27-15-13-26(14-16-27)12-11-18-7-9-19(10-8-18)24-22(28)25(2)3/h4-6,18-19H,7-16H2,1-3H3,(H,24,28)/i4D,5D,6D,11D2. The molecule has 0 spiro atoms. The summed E-state index contributed by atoms with van der Waals surface area (Å²) >= 11 is 6.45. The highest BCUT2D eigenvalue weighted by atomic mass is 35.5. The zero-order valence-corrected chi connectivity index (χ0v) is 17.9. The maximum atomic E-state index is 11.9. The SMILES string of the molecule is [2H]c1c([2H])c(C)c(Cl)c(N2CCN(CC([2H])([2H])C3CCC(NC(=O)N(C)C)CC3)CC2)c1[2H]. The van der Waals surface area contributed by atoms with Gasteiger partial charge in [-0.05, 0) is 63.0 Å². The van der Waals surface area contributed by atoms with E-state index in [1.54, 1.807) is 21.0 Å². The molecular weight excluding hydrogens is 372 g/mol. The third kappa shape index (κ3) is 5.54. The van der Waals surface area contributed by atoms with Gasteiger partial charge in [0.1, 0.15) is 0 Å². The molecule has 28 heavy (non-hydrogen) atoms. The minimum Gasteiger partial charge on any atom is -0.368 e. The van der Waals surface area contributed by atoms with Crippen LogP contribution in [0.15, 0.2) is 18.1 Å². The number of rotatable bonds is 5. The Balaban J connectivity index is 1.55. The average Bonchev–Trinajstić information content (AvgIpc) is 2.77. The van der Waals surface area contributed by atoms with Gasteiger partial charge in [-0.15, -0.1) is 0 Å². The molecule has 5 nitrogen and oxygen atoms in total. The average molecular weight is 412 g/mol. The number of hydrogen-bond donors (Lipinski definition) is 1. The van der Waals surface area contributed by atoms with Gasteiger partial charge < -0.3 is 15.1 Å². The number of nitrogens with zero attached hydrogens (tertiary/aromatic N) is 3. The predicted molar refractivity (Wildman–Crippen MR) is 117 cm³/mol. The van der Waals surface area contributed by atoms with Crippen molar-refractivity contribution < 1.29 is 11.6 Å². The van der Waals surface area contributed by atoms with Crippen LogP contribution in [0.25, 0.3) is 0 Å². The first-order chi connectivity index (χ1) is 15.4. The minimum atomic E-state index is -1.31. The fourth-order valence-corrected chi connectivity index (χ4v) is 4.04. The predicted octanol–water partition coefficient (Wildman–Crippen LogP) is 3.99. The zero-order valence-electron chi connectivity index (χ0n) is 22.1. The Morgan fingerprint density at radius 2 is 1.93 bits per heavy atom. The van der Waals surface area contributed by atoms with Crippen LogP contribution in [0.1, 0.15) is 44.5 Å². The Morgan fingerprint density at radius 1 is 1.25 bits per heavy atom. The molecule has 0 unspecified atom stereocenters. The first kappa shape index (κ1) is 15.4. The van der Waals surface area contributed by atoms with Gasteiger partial charge in [-0.25, -0.2) is 4.79 Å². The number of carbonyl (C=O) groups excluding carboxylic acids is 1. The van der Waals surface area contributed by atoms with E-state index in [1.807, 2.05) is 4.90 Å². The van der Waals surface area contributed by atoms with Gasteiger partial charge in [0.15, 0.2) is 0 Å². The molecule has 1 aromatic carbocycles. The normalized spacial score (nSPS) is 26.6. The molecule has 1 heterocycles. The maximum absolute atomic E-state index is 11.9. The van der Waals surface area contributed by atoms with Crippen LogP contribution >= 0.6 is 11.6 Å². The first-order valence-electron chi connectivity index (χ1n) is 12.6. The molecule has 0 radical (unpaired) electrons. The Morgan fingerprint density at radius 3 is 2.57 bits per heavy atom. The second-order valence-electron chi connectivity index (χ2n) is 8.02. The summed E-state index contributed by atoms with van der Waals surface area (Å²) in [5.74, 6) is -0.0320. The van der Waals surface area contributed by atoms with E-state index in [0.717, 1.165) is 25.7 Å². The number of halogens is 1. The van der Waals surface area contributed by atoms with Crippen LogP contribution in [0.2, 0.25) is 5.02 Å². The Hall–Kier alpha value is -1.46. The van der Waals surface area contributed by atoms with Gasteiger partial charge in [0.05, 0.1) is 14.8 Å². The van der Waals surface area contributed by atoms with Crippen molar-refractivity contribution in [2.45, 2.75) is 45.0 Å². The van der Waals surface area contributed by atoms with Gasteiger partial charge in [0.25, 0.3) is 0 Å². The lowest BCUT2D eigenvalue weighted by atomic mass is 9.84. The summed E-state index contributed by atoms with van der Waals surface area (Å²) in [5, 5.41) is 3.37. The van der Waals surface area contributed by atoms with Crippen molar-refractivity contribution in [2.24, 2.45) is 5.92 Å². The molecule has 1 N–H and O–H groups in total. The number of piperazine rings is 1. The summed E-state index contributed by atoms with van der Waals surface area (Å²) < 4.78 is 41.7. The molecule has 1 saturated carbocycles. The summed E-state index contributed by atoms with van der Waals surface area (Å²) in [4.78, 5) is 17.5. The zero-order chi connectivity index (χ0) is 24.5. The lowest BCUT2D eigenvalue weighted by Crippen LogP contribution is -2.47. The van der Waals surface area contributed by atoms with Crippen LogP contribution in [0.3, 0.4) is 0 Å². The summed E-state index contributed by atoms with van der Waals surface area (Å²) in [6, 6.07) is -0.114. The van der Waals surface area contributed by atoms with Gasteiger partial charge in [-0.3, -0.25) is 4.90 Å². The number of anilines is 1. The van der Waals surface area contributed by atoms with Crippen LogP contribution in [0.4, 0.5) is 10.5 Å². The van der Waals surface area contributed by atoms with E-state index in [0.29, 0.717) is 49.0 Å². The molecule has 1 aliphatic carbocycles. The van der Waals surface area contributed by atoms with E-state index in [1.165, 1.54) is 4.90 Å². The van der Waals surface area contributed by atoms with Crippen LogP contribution in [0.5, 0.6) is 0 Å². The van der Waals surface area contributed by atoms with Crippen molar-refractivity contribution in [3.63, 3.8) is 0 Å². The van der Waals surface area contributed by atoms with Crippen LogP contribution in [-0.4, -0.2) is 68.7 Å². The van der Waals surface area contributed by atoms with Gasteiger partial charge in [0, 0.05) is 49.1 Å². The largest absolute Gasteiger partial charge is 0.368 e. The van der Waals surface area contributed by atoms with Crippen LogP contribution in [0, 0.1) is 12.8 Å². The van der Waals surface area contributed by atoms with E-state index < -0.39 is 6.37 Å². The van der Waals surface area contributed by atoms with Crippen molar-refractivity contribution >= 4 is 23.3 Å². The number of nitrogens with one attached hydrogen (secondary N) is 1. The Bertz CT molecular complexity index is 840. The number of carbonyl (C=O) groups is 1. The number of hydrogen-bond acceptors (Lipinski definition) is 3. The van der Waals surface area contributed by atoms with E-state index >= 15 is 0 Å². The molecular formula is C22H35ClN4O. The van der Waals surface area contributed by atoms with Crippen molar-refractivity contribution in [3.05, 3.63) is 28.7 Å². The summed E-state index contributed by atoms with van der Waals surface area (Å²) in [6.07, 6.45) is 1.79. The third-order valence-corrected chi connectivity index (χ3v) is 6.18. The van der Waals surface area contributed by atoms with Crippen molar-refractivity contribution in [1.29, 1.82) is 0 Å². The molecule has 2 aliphatic rings. The van der Waals surface area contributed by atoms with Gasteiger partial charge in [-0.1, -0.05) is 23.7 Å². The fourth-order valence-electron chi connectivity index (χ4n) is 3.82. The Labute approximate surface area is 182 Å². The summed E-state index contributed by atoms with van der Waals surface area (Å²) in [6.45, 7) is 4.56. The number of amides is 2. The minimum absolute atomic E-state index is 0.00316. The van der Waals surface area contributed by atoms with Crippen molar-refractivity contribution in [1.82, 2.24) is 15.1 Å². The first-order valence-corrected chi connectivity index (χ1v) is 10.5.